The maximum absolute atomic E-state index is 15.4. The molecule has 4 aliphatic rings. The average Bonchev–Trinajstić information content (AvgIpc) is 0.751. The Balaban J connectivity index is 0.935. The van der Waals surface area contributed by atoms with Gasteiger partial charge in [-0.05, 0) is 86.4 Å². The van der Waals surface area contributed by atoms with Crippen LogP contribution in [-0.2, 0) is 146 Å². The number of methoxy groups -OCH3 is 4. The van der Waals surface area contributed by atoms with Crippen molar-refractivity contribution in [3.8, 4) is 5.75 Å². The van der Waals surface area contributed by atoms with Crippen LogP contribution in [0.1, 0.15) is 59.7 Å². The molecule has 0 N–H and O–H groups in total. The summed E-state index contributed by atoms with van der Waals surface area (Å²) in [4.78, 5) is 66.4. The largest absolute Gasteiger partial charge is 0.497 e. The van der Waals surface area contributed by atoms with E-state index >= 15 is 9.59 Å². The highest BCUT2D eigenvalue weighted by molar-refractivity contribution is 5.90. The third-order valence-electron chi connectivity index (χ3n) is 20.6. The van der Waals surface area contributed by atoms with Crippen molar-refractivity contribution in [1.29, 1.82) is 0 Å². The summed E-state index contributed by atoms with van der Waals surface area (Å²) in [6.45, 7) is -1.28. The summed E-state index contributed by atoms with van der Waals surface area (Å²) >= 11 is 0. The molecule has 30 heteroatoms. The van der Waals surface area contributed by atoms with Crippen molar-refractivity contribution >= 4 is 23.9 Å². The molecule has 4 aliphatic heterocycles. The molecule has 4 fully saturated rings. The van der Waals surface area contributed by atoms with Crippen LogP contribution in [0, 0.1) is 0 Å². The van der Waals surface area contributed by atoms with E-state index in [1.54, 1.807) is 141 Å². The Hall–Kier alpha value is -11.3. The van der Waals surface area contributed by atoms with E-state index in [0.29, 0.717) is 22.4 Å². The van der Waals surface area contributed by atoms with E-state index in [-0.39, 0.29) is 64.0 Å². The Labute approximate surface area is 699 Å². The van der Waals surface area contributed by atoms with Crippen LogP contribution < -0.4 is 4.74 Å². The lowest BCUT2D eigenvalue weighted by atomic mass is 9.93. The zero-order valence-electron chi connectivity index (χ0n) is 66.8. The number of hydrogen-bond acceptors (Lipinski definition) is 26. The third-order valence-corrected chi connectivity index (χ3v) is 20.6. The zero-order valence-corrected chi connectivity index (χ0v) is 66.8. The van der Waals surface area contributed by atoms with Crippen molar-refractivity contribution in [1.82, 2.24) is 0 Å². The van der Waals surface area contributed by atoms with Gasteiger partial charge in [0.15, 0.2) is 49.6 Å². The molecule has 0 aromatic heterocycles. The molecule has 9 aromatic rings. The van der Waals surface area contributed by atoms with Gasteiger partial charge in [-0.2, -0.15) is 0 Å². The average molecular weight is 1660 g/mol. The van der Waals surface area contributed by atoms with E-state index in [1.807, 2.05) is 121 Å². The van der Waals surface area contributed by atoms with Gasteiger partial charge in [0, 0.05) is 16.9 Å². The molecule has 121 heavy (non-hydrogen) atoms. The van der Waals surface area contributed by atoms with E-state index < -0.39 is 153 Å². The molecular formula is C91H94N6O24. The number of carbonyl (C=O) groups is 4. The van der Waals surface area contributed by atoms with Gasteiger partial charge in [0.05, 0.1) is 91.9 Å². The van der Waals surface area contributed by atoms with Gasteiger partial charge in [-0.1, -0.05) is 241 Å². The number of benzene rings is 9. The molecule has 0 radical (unpaired) electrons. The van der Waals surface area contributed by atoms with E-state index in [0.717, 1.165) is 36.5 Å². The summed E-state index contributed by atoms with van der Waals surface area (Å²) in [5.41, 5.74) is 26.9. The summed E-state index contributed by atoms with van der Waals surface area (Å²) in [5, 5.41) is 8.76. The number of hydrogen-bond donors (Lipinski definition) is 0. The maximum atomic E-state index is 15.4. The van der Waals surface area contributed by atoms with Gasteiger partial charge >= 0.3 is 23.9 Å². The van der Waals surface area contributed by atoms with E-state index in [1.165, 1.54) is 19.2 Å². The second-order valence-corrected chi connectivity index (χ2v) is 28.6. The molecule has 0 saturated carbocycles. The number of carbonyl (C=O) groups excluding carboxylic acids is 4. The van der Waals surface area contributed by atoms with E-state index in [4.69, 9.17) is 94.7 Å². The van der Waals surface area contributed by atoms with Gasteiger partial charge < -0.3 is 94.7 Å². The highest BCUT2D eigenvalue weighted by Gasteiger charge is 2.61. The van der Waals surface area contributed by atoms with Crippen LogP contribution >= 0.6 is 0 Å². The summed E-state index contributed by atoms with van der Waals surface area (Å²) in [6, 6.07) is 75.0. The van der Waals surface area contributed by atoms with Gasteiger partial charge in [-0.25, -0.2) is 19.2 Å². The first-order valence-electron chi connectivity index (χ1n) is 39.4. The van der Waals surface area contributed by atoms with Gasteiger partial charge in [-0.15, -0.1) is 0 Å². The summed E-state index contributed by atoms with van der Waals surface area (Å²) < 4.78 is 133. The minimum Gasteiger partial charge on any atom is -0.497 e. The van der Waals surface area contributed by atoms with Gasteiger partial charge in [0.1, 0.15) is 78.9 Å². The van der Waals surface area contributed by atoms with Gasteiger partial charge in [-0.3, -0.25) is 0 Å². The monoisotopic (exact) mass is 1650 g/mol. The van der Waals surface area contributed by atoms with E-state index in [9.17, 15) is 20.7 Å². The highest BCUT2D eigenvalue weighted by Crippen LogP contribution is 2.42. The summed E-state index contributed by atoms with van der Waals surface area (Å²) in [6.07, 6.45) is -29.3. The number of nitrogens with zero attached hydrogens (tertiary/aromatic N) is 6. The zero-order chi connectivity index (χ0) is 84.1. The molecule has 0 amide bonds. The predicted molar refractivity (Wildman–Crippen MR) is 431 cm³/mol. The fourth-order valence-electron chi connectivity index (χ4n) is 14.6. The van der Waals surface area contributed by atoms with Crippen molar-refractivity contribution in [3.05, 3.63) is 338 Å². The Bertz CT molecular complexity index is 4770. The van der Waals surface area contributed by atoms with Crippen LogP contribution in [0.15, 0.2) is 277 Å². The molecule has 632 valence electrons. The van der Waals surface area contributed by atoms with Gasteiger partial charge in [0.2, 0.25) is 0 Å². The van der Waals surface area contributed by atoms with Crippen molar-refractivity contribution in [2.45, 2.75) is 169 Å². The van der Waals surface area contributed by atoms with Crippen molar-refractivity contribution in [3.63, 3.8) is 0 Å². The lowest BCUT2D eigenvalue weighted by Crippen LogP contribution is -2.69. The van der Waals surface area contributed by atoms with Crippen molar-refractivity contribution in [2.24, 2.45) is 10.2 Å². The number of rotatable bonds is 39. The minimum absolute atomic E-state index is 0.0135. The van der Waals surface area contributed by atoms with Gasteiger partial charge in [0.25, 0.3) is 0 Å². The summed E-state index contributed by atoms with van der Waals surface area (Å²) in [7, 11) is 5.11. The number of ether oxygens (including phenoxy) is 20. The molecule has 30 nitrogen and oxygen atoms in total. The maximum Gasteiger partial charge on any atom is 0.338 e. The molecule has 4 heterocycles. The second kappa shape index (κ2) is 44.8. The first-order valence-corrected chi connectivity index (χ1v) is 39.4. The molecule has 4 saturated heterocycles. The molecule has 13 rings (SSSR count). The Morgan fingerprint density at radius 1 is 0.322 bits per heavy atom. The fourth-order valence-corrected chi connectivity index (χ4v) is 14.6. The SMILES string of the molecule is COC(=O)C1O[C@@H](O[C@@H]2C(COCc3ccccc3)O[C@H](O[C@H]3C(OCc4ccccc4)C(OC(=O)c4ccccc4)[C@@H](OC)O[C@H]3C(=O)OC)C(N=[N+]=[N-])[C@@H]2OCc2ccccc2)C(OC(=O)c2ccccc2)[C@H](OCc2ccccc2)[C@@H]1O[C@H]1OC(COCc2ccccc2)[C@@H](OCc2ccc(OC)cc2)[C@@H](OCc2ccccc2)C1N=[N+]=[N-]. The highest BCUT2D eigenvalue weighted by atomic mass is 16.8. The predicted octanol–water partition coefficient (Wildman–Crippen LogP) is 13.2. The van der Waals surface area contributed by atoms with Crippen LogP contribution in [0.3, 0.4) is 0 Å². The molecule has 0 aliphatic carbocycles. The van der Waals surface area contributed by atoms with Crippen molar-refractivity contribution in [2.75, 3.05) is 41.7 Å². The van der Waals surface area contributed by atoms with Crippen LogP contribution in [0.5, 0.6) is 5.75 Å². The lowest BCUT2D eigenvalue weighted by molar-refractivity contribution is -0.376. The molecule has 0 spiro atoms. The normalized spacial score (nSPS) is 26.3. The molecule has 8 unspecified atom stereocenters. The number of esters is 4. The Kier molecular flexibility index (Phi) is 32.4. The van der Waals surface area contributed by atoms with Crippen LogP contribution in [-0.4, -0.2) is 188 Å². The topological polar surface area (TPSA) is 350 Å². The quantitative estimate of drug-likeness (QED) is 0.0113. The molecule has 9 aromatic carbocycles. The first kappa shape index (κ1) is 87.5. The lowest BCUT2D eigenvalue weighted by Gasteiger charge is -2.51. The first-order chi connectivity index (χ1) is 59.4. The third kappa shape index (κ3) is 23.4. The number of azide groups is 2. The van der Waals surface area contributed by atoms with E-state index in [2.05, 4.69) is 20.1 Å². The standard InChI is InChI=1S/C91H94N6O24/c1-102-67-47-45-64(46-48-67)55-108-72-68(56-106-49-58-29-13-5-14-30-58)113-88(70(94-96-92)74(72)109-51-60-33-17-7-18-34-60)119-79-77(112-54-63-39-23-10-24-40-63)83(116-85(99)66-43-27-12-28-44-66)91(121-81(79)87(101)104-3)117-73-69(57-107-50-59-31-15-6-16-32-59)114-89(71(95-97-93)75(73)110-52-61-35-19-8-20-36-61)118-78-76(111-53-62-37-21-9-22-38-62)82(90(105-4)120-80(78)86(100)103-2)115-84(98)65-41-25-11-26-42-65/h5-48,68-83,88-91H,49-57H2,1-4H3/t68?,69?,70?,71?,72-,73-,74+,75+,76?,77-,78+,79+,80-,81?,82?,83?,88-,89-,90+,91-/m1/s1. The Morgan fingerprint density at radius 2 is 0.628 bits per heavy atom. The molecule has 20 atom stereocenters. The summed E-state index contributed by atoms with van der Waals surface area (Å²) in [5.74, 6) is -3.24. The fraction of sp³-hybridized carbons (Fsp3) is 0.363. The van der Waals surface area contributed by atoms with Crippen LogP contribution in [0.25, 0.3) is 20.9 Å². The van der Waals surface area contributed by atoms with Crippen LogP contribution in [0.2, 0.25) is 0 Å². The van der Waals surface area contributed by atoms with Crippen molar-refractivity contribution < 1.29 is 114 Å². The second-order valence-electron chi connectivity index (χ2n) is 28.6. The molecular weight excluding hydrogens is 1560 g/mol. The molecule has 0 bridgehead atoms. The van der Waals surface area contributed by atoms with Crippen LogP contribution in [0.4, 0.5) is 0 Å². The Morgan fingerprint density at radius 3 is 0.983 bits per heavy atom. The smallest absolute Gasteiger partial charge is 0.338 e. The minimum atomic E-state index is -2.02.